The first kappa shape index (κ1) is 16.1. The van der Waals surface area contributed by atoms with Gasteiger partial charge in [-0.05, 0) is 30.9 Å². The van der Waals surface area contributed by atoms with Crippen LogP contribution in [-0.4, -0.2) is 52.2 Å². The van der Waals surface area contributed by atoms with Crippen molar-refractivity contribution in [2.75, 3.05) is 26.2 Å². The predicted octanol–water partition coefficient (Wildman–Crippen LogP) is 1.17. The molecule has 0 bridgehead atoms. The molecule has 23 heavy (non-hydrogen) atoms. The van der Waals surface area contributed by atoms with E-state index in [2.05, 4.69) is 38.4 Å². The van der Waals surface area contributed by atoms with Crippen molar-refractivity contribution in [3.63, 3.8) is 0 Å². The van der Waals surface area contributed by atoms with Gasteiger partial charge in [0.1, 0.15) is 11.9 Å². The fourth-order valence-electron chi connectivity index (χ4n) is 2.53. The number of nitrogens with zero attached hydrogens (tertiary/aromatic N) is 3. The number of morpholine rings is 1. The maximum atomic E-state index is 12.1. The van der Waals surface area contributed by atoms with Crippen LogP contribution in [-0.2, 0) is 16.1 Å². The zero-order valence-corrected chi connectivity index (χ0v) is 14.2. The second-order valence-corrected chi connectivity index (χ2v) is 6.68. The van der Waals surface area contributed by atoms with E-state index in [1.807, 2.05) is 12.3 Å². The maximum absolute atomic E-state index is 12.1. The lowest BCUT2D eigenvalue weighted by atomic mass is 10.2. The highest BCUT2D eigenvalue weighted by Gasteiger charge is 2.26. The second-order valence-electron chi connectivity index (χ2n) is 5.68. The molecule has 2 aromatic heterocycles. The van der Waals surface area contributed by atoms with E-state index < -0.39 is 0 Å². The van der Waals surface area contributed by atoms with Crippen LogP contribution < -0.4 is 5.32 Å². The number of ether oxygens (including phenoxy) is 1. The summed E-state index contributed by atoms with van der Waals surface area (Å²) in [6.45, 7) is 6.83. The predicted molar refractivity (Wildman–Crippen MR) is 87.2 cm³/mol. The average molecular weight is 335 g/mol. The Hall–Kier alpha value is -1.77. The first-order valence-electron chi connectivity index (χ1n) is 7.64. The first-order chi connectivity index (χ1) is 11.1. The minimum atomic E-state index is -0.180. The van der Waals surface area contributed by atoms with Gasteiger partial charge in [-0.1, -0.05) is 0 Å². The number of H-pyrrole nitrogens is 1. The fourth-order valence-corrected chi connectivity index (χ4v) is 3.38. The Morgan fingerprint density at radius 2 is 2.43 bits per heavy atom. The van der Waals surface area contributed by atoms with Gasteiger partial charge in [-0.15, -0.1) is 11.3 Å². The number of aromatic amines is 1. The molecule has 0 aromatic carbocycles. The van der Waals surface area contributed by atoms with E-state index in [9.17, 15) is 4.79 Å². The van der Waals surface area contributed by atoms with Crippen molar-refractivity contribution >= 4 is 17.2 Å². The summed E-state index contributed by atoms with van der Waals surface area (Å²) in [6.07, 6.45) is -0.180. The Balaban J connectivity index is 1.49. The van der Waals surface area contributed by atoms with Gasteiger partial charge in [0.15, 0.2) is 5.82 Å². The van der Waals surface area contributed by atoms with E-state index in [-0.39, 0.29) is 12.0 Å². The Labute approximate surface area is 139 Å². The Morgan fingerprint density at radius 3 is 3.13 bits per heavy atom. The molecule has 2 aromatic rings. The monoisotopic (exact) mass is 335 g/mol. The number of thiophene rings is 1. The first-order valence-corrected chi connectivity index (χ1v) is 8.52. The lowest BCUT2D eigenvalue weighted by Gasteiger charge is -2.30. The molecule has 0 radical (unpaired) electrons. The normalized spacial score (nSPS) is 19.0. The minimum Gasteiger partial charge on any atom is -0.367 e. The summed E-state index contributed by atoms with van der Waals surface area (Å²) in [6, 6.07) is 2.07. The van der Waals surface area contributed by atoms with Crippen molar-refractivity contribution in [3.8, 4) is 0 Å². The molecule has 124 valence electrons. The summed E-state index contributed by atoms with van der Waals surface area (Å²) < 4.78 is 5.71. The number of carbonyl (C=O) groups is 1. The quantitative estimate of drug-likeness (QED) is 0.857. The molecule has 1 saturated heterocycles. The van der Waals surface area contributed by atoms with Gasteiger partial charge < -0.3 is 10.1 Å². The van der Waals surface area contributed by atoms with Crippen LogP contribution >= 0.6 is 11.3 Å². The van der Waals surface area contributed by atoms with E-state index in [0.717, 1.165) is 12.4 Å². The van der Waals surface area contributed by atoms with Gasteiger partial charge in [-0.2, -0.15) is 5.10 Å². The topological polar surface area (TPSA) is 83.1 Å². The van der Waals surface area contributed by atoms with Crippen LogP contribution in [0.1, 0.15) is 28.2 Å². The molecule has 1 aliphatic heterocycles. The highest BCUT2D eigenvalue weighted by molar-refractivity contribution is 7.10. The van der Waals surface area contributed by atoms with Crippen LogP contribution in [0.5, 0.6) is 0 Å². The molecule has 1 amide bonds. The van der Waals surface area contributed by atoms with Crippen molar-refractivity contribution in [1.82, 2.24) is 25.4 Å². The van der Waals surface area contributed by atoms with Crippen molar-refractivity contribution < 1.29 is 9.53 Å². The number of rotatable bonds is 5. The Morgan fingerprint density at radius 1 is 1.57 bits per heavy atom. The molecule has 0 aliphatic carbocycles. The summed E-state index contributed by atoms with van der Waals surface area (Å²) in [4.78, 5) is 19.7. The van der Waals surface area contributed by atoms with E-state index in [0.29, 0.717) is 32.1 Å². The summed E-state index contributed by atoms with van der Waals surface area (Å²) >= 11 is 1.67. The zero-order valence-electron chi connectivity index (χ0n) is 13.3. The van der Waals surface area contributed by atoms with Gasteiger partial charge in [-0.25, -0.2) is 4.98 Å². The zero-order chi connectivity index (χ0) is 16.2. The number of aryl methyl sites for hydroxylation is 2. The maximum Gasteiger partial charge on any atom is 0.234 e. The van der Waals surface area contributed by atoms with E-state index in [4.69, 9.17) is 4.74 Å². The van der Waals surface area contributed by atoms with Crippen LogP contribution in [0.4, 0.5) is 0 Å². The highest BCUT2D eigenvalue weighted by Crippen LogP contribution is 2.19. The number of amides is 1. The standard InChI is InChI=1S/C15H21N5O2S/c1-10-3-6-23-13(10)7-16-14(21)9-20-4-5-22-12(8-20)15-17-11(2)18-19-15/h3,6,12H,4-5,7-9H2,1-2H3,(H,16,21)(H,17,18,19)/t12-/m1/s1. The van der Waals surface area contributed by atoms with Crippen LogP contribution in [0, 0.1) is 13.8 Å². The van der Waals surface area contributed by atoms with Gasteiger partial charge in [0.2, 0.25) is 5.91 Å². The number of carbonyl (C=O) groups excluding carboxylic acids is 1. The van der Waals surface area contributed by atoms with Crippen molar-refractivity contribution in [2.45, 2.75) is 26.5 Å². The molecule has 0 spiro atoms. The Kier molecular flexibility index (Phi) is 5.04. The lowest BCUT2D eigenvalue weighted by molar-refractivity contribution is -0.124. The molecule has 0 unspecified atom stereocenters. The summed E-state index contributed by atoms with van der Waals surface area (Å²) in [7, 11) is 0. The average Bonchev–Trinajstić information content (AvgIpc) is 3.14. The van der Waals surface area contributed by atoms with E-state index in [1.54, 1.807) is 11.3 Å². The lowest BCUT2D eigenvalue weighted by Crippen LogP contribution is -2.44. The van der Waals surface area contributed by atoms with Gasteiger partial charge in [0, 0.05) is 18.0 Å². The molecule has 0 saturated carbocycles. The molecule has 1 atom stereocenters. The molecule has 7 nitrogen and oxygen atoms in total. The van der Waals surface area contributed by atoms with Gasteiger partial charge in [0.25, 0.3) is 0 Å². The number of hydrogen-bond acceptors (Lipinski definition) is 6. The smallest absolute Gasteiger partial charge is 0.234 e. The highest BCUT2D eigenvalue weighted by atomic mass is 32.1. The number of hydrogen-bond donors (Lipinski definition) is 2. The minimum absolute atomic E-state index is 0.0321. The molecular weight excluding hydrogens is 314 g/mol. The molecule has 8 heteroatoms. The largest absolute Gasteiger partial charge is 0.367 e. The molecule has 2 N–H and O–H groups in total. The van der Waals surface area contributed by atoms with Crippen LogP contribution in [0.15, 0.2) is 11.4 Å². The summed E-state index contributed by atoms with van der Waals surface area (Å²) in [5.74, 6) is 1.45. The van der Waals surface area contributed by atoms with Crippen LogP contribution in [0.25, 0.3) is 0 Å². The molecule has 1 fully saturated rings. The van der Waals surface area contributed by atoms with Crippen molar-refractivity contribution in [1.29, 1.82) is 0 Å². The SMILES string of the molecule is Cc1nc([C@H]2CN(CC(=O)NCc3sccc3C)CCO2)n[nH]1. The fraction of sp³-hybridized carbons (Fsp3) is 0.533. The third-order valence-electron chi connectivity index (χ3n) is 3.83. The van der Waals surface area contributed by atoms with Gasteiger partial charge in [0.05, 0.1) is 19.7 Å². The van der Waals surface area contributed by atoms with Crippen molar-refractivity contribution in [2.24, 2.45) is 0 Å². The Bertz CT molecular complexity index is 668. The van der Waals surface area contributed by atoms with Gasteiger partial charge >= 0.3 is 0 Å². The molecule has 1 aliphatic rings. The van der Waals surface area contributed by atoms with Crippen molar-refractivity contribution in [3.05, 3.63) is 33.5 Å². The van der Waals surface area contributed by atoms with Crippen LogP contribution in [0.2, 0.25) is 0 Å². The molecular formula is C15H21N5O2S. The molecule has 3 heterocycles. The molecule has 3 rings (SSSR count). The number of aromatic nitrogens is 3. The van der Waals surface area contributed by atoms with Gasteiger partial charge in [-0.3, -0.25) is 14.8 Å². The third kappa shape index (κ3) is 4.15. The van der Waals surface area contributed by atoms with Crippen LogP contribution in [0.3, 0.4) is 0 Å². The number of nitrogens with one attached hydrogen (secondary N) is 2. The summed E-state index contributed by atoms with van der Waals surface area (Å²) in [5.41, 5.74) is 1.22. The second kappa shape index (κ2) is 7.20. The van der Waals surface area contributed by atoms with E-state index >= 15 is 0 Å². The summed E-state index contributed by atoms with van der Waals surface area (Å²) in [5, 5.41) is 12.0. The van der Waals surface area contributed by atoms with E-state index in [1.165, 1.54) is 10.4 Å². The third-order valence-corrected chi connectivity index (χ3v) is 4.86.